The summed E-state index contributed by atoms with van der Waals surface area (Å²) >= 11 is 5.35. The van der Waals surface area contributed by atoms with Crippen molar-refractivity contribution in [2.75, 3.05) is 12.7 Å². The van der Waals surface area contributed by atoms with E-state index in [-0.39, 0.29) is 17.9 Å². The fourth-order valence-electron chi connectivity index (χ4n) is 1.35. The molecule has 1 atom stereocenters. The van der Waals surface area contributed by atoms with Gasteiger partial charge in [0.25, 0.3) is 0 Å². The third-order valence-electron chi connectivity index (χ3n) is 2.25. The molecule has 0 aromatic rings. The van der Waals surface area contributed by atoms with Gasteiger partial charge >= 0.3 is 0 Å². The van der Waals surface area contributed by atoms with E-state index in [9.17, 15) is 4.79 Å². The molecular formula is C10H20ClNO2. The molecule has 0 saturated carbocycles. The summed E-state index contributed by atoms with van der Waals surface area (Å²) in [6, 6.07) is 0.181. The largest absolute Gasteiger partial charge is 0.369 e. The van der Waals surface area contributed by atoms with E-state index in [0.717, 1.165) is 25.7 Å². The smallest absolute Gasteiger partial charge is 0.220 e. The minimum atomic E-state index is -0.223. The summed E-state index contributed by atoms with van der Waals surface area (Å²) in [7, 11) is 0. The first kappa shape index (κ1) is 13.7. The first-order valence-corrected chi connectivity index (χ1v) is 5.68. The van der Waals surface area contributed by atoms with E-state index in [4.69, 9.17) is 22.1 Å². The molecule has 84 valence electrons. The quantitative estimate of drug-likeness (QED) is 0.480. The van der Waals surface area contributed by atoms with Crippen molar-refractivity contribution < 1.29 is 9.53 Å². The Labute approximate surface area is 90.9 Å². The molecule has 14 heavy (non-hydrogen) atoms. The van der Waals surface area contributed by atoms with E-state index in [1.165, 1.54) is 0 Å². The van der Waals surface area contributed by atoms with Crippen LogP contribution in [0.3, 0.4) is 0 Å². The van der Waals surface area contributed by atoms with E-state index >= 15 is 0 Å². The van der Waals surface area contributed by atoms with Gasteiger partial charge in [-0.2, -0.15) is 0 Å². The number of unbranched alkanes of at least 4 members (excludes halogenated alkanes) is 2. The minimum Gasteiger partial charge on any atom is -0.369 e. The van der Waals surface area contributed by atoms with Crippen molar-refractivity contribution >= 4 is 17.5 Å². The lowest BCUT2D eigenvalue weighted by Crippen LogP contribution is -2.24. The predicted molar refractivity (Wildman–Crippen MR) is 58.1 cm³/mol. The summed E-state index contributed by atoms with van der Waals surface area (Å²) in [6.07, 6.45) is 4.93. The predicted octanol–water partition coefficient (Wildman–Crippen LogP) is 2.27. The van der Waals surface area contributed by atoms with E-state index in [1.807, 2.05) is 0 Å². The topological polar surface area (TPSA) is 52.3 Å². The number of carbonyl (C=O) groups is 1. The summed E-state index contributed by atoms with van der Waals surface area (Å²) < 4.78 is 4.98. The molecule has 0 radical (unpaired) electrons. The van der Waals surface area contributed by atoms with Crippen LogP contribution in [0.1, 0.15) is 39.0 Å². The van der Waals surface area contributed by atoms with Gasteiger partial charge in [-0.05, 0) is 12.8 Å². The van der Waals surface area contributed by atoms with Crippen molar-refractivity contribution in [2.45, 2.75) is 39.0 Å². The highest BCUT2D eigenvalue weighted by Gasteiger charge is 2.14. The number of rotatable bonds is 9. The third-order valence-corrected chi connectivity index (χ3v) is 2.40. The summed E-state index contributed by atoms with van der Waals surface area (Å²) in [5.41, 5.74) is 5.27. The first-order chi connectivity index (χ1) is 6.72. The average molecular weight is 222 g/mol. The van der Waals surface area contributed by atoms with Crippen molar-refractivity contribution in [2.24, 2.45) is 11.7 Å². The number of hydrogen-bond acceptors (Lipinski definition) is 2. The van der Waals surface area contributed by atoms with Crippen LogP contribution in [0.25, 0.3) is 0 Å². The molecule has 4 heteroatoms. The van der Waals surface area contributed by atoms with E-state index < -0.39 is 0 Å². The Morgan fingerprint density at radius 3 is 2.64 bits per heavy atom. The number of ether oxygens (including phenoxy) is 1. The number of primary amides is 1. The number of alkyl halides is 1. The van der Waals surface area contributed by atoms with Crippen molar-refractivity contribution in [1.82, 2.24) is 0 Å². The lowest BCUT2D eigenvalue weighted by Gasteiger charge is -2.12. The fourth-order valence-corrected chi connectivity index (χ4v) is 1.46. The van der Waals surface area contributed by atoms with Gasteiger partial charge in [0.15, 0.2) is 0 Å². The highest BCUT2D eigenvalue weighted by molar-refractivity contribution is 6.17. The molecular weight excluding hydrogens is 202 g/mol. The molecule has 0 aliphatic heterocycles. The molecule has 0 spiro atoms. The Hall–Kier alpha value is -0.280. The second-order valence-electron chi connectivity index (χ2n) is 3.40. The molecule has 1 amide bonds. The molecule has 2 N–H and O–H groups in total. The van der Waals surface area contributed by atoms with Gasteiger partial charge < -0.3 is 10.5 Å². The number of nitrogens with two attached hydrogens (primary N) is 1. The summed E-state index contributed by atoms with van der Waals surface area (Å²) in [4.78, 5) is 11.0. The first-order valence-electron chi connectivity index (χ1n) is 5.15. The van der Waals surface area contributed by atoms with Crippen LogP contribution in [0.5, 0.6) is 0 Å². The van der Waals surface area contributed by atoms with Crippen LogP contribution in [0.2, 0.25) is 0 Å². The van der Waals surface area contributed by atoms with Crippen molar-refractivity contribution in [3.05, 3.63) is 0 Å². The Balaban J connectivity index is 3.61. The van der Waals surface area contributed by atoms with E-state index in [2.05, 4.69) is 6.92 Å². The van der Waals surface area contributed by atoms with E-state index in [1.54, 1.807) is 0 Å². The van der Waals surface area contributed by atoms with Crippen molar-refractivity contribution in [3.8, 4) is 0 Å². The average Bonchev–Trinajstić information content (AvgIpc) is 2.15. The second-order valence-corrected chi connectivity index (χ2v) is 3.62. The zero-order valence-corrected chi connectivity index (χ0v) is 9.55. The van der Waals surface area contributed by atoms with Crippen LogP contribution in [0.15, 0.2) is 0 Å². The van der Waals surface area contributed by atoms with Crippen LogP contribution >= 0.6 is 11.6 Å². The Morgan fingerprint density at radius 2 is 2.14 bits per heavy atom. The minimum absolute atomic E-state index is 0.0511. The maximum Gasteiger partial charge on any atom is 0.220 e. The molecule has 0 aromatic carbocycles. The molecule has 0 saturated heterocycles. The lowest BCUT2D eigenvalue weighted by atomic mass is 9.98. The number of amides is 1. The standard InChI is InChI=1S/C10H20ClNO2/c1-2-3-4-5-9(10(12)13)6-7-14-8-11/h9H,2-8H2,1H3,(H2,12,13). The van der Waals surface area contributed by atoms with Crippen molar-refractivity contribution in [3.63, 3.8) is 0 Å². The Kier molecular flexibility index (Phi) is 9.10. The van der Waals surface area contributed by atoms with Crippen LogP contribution in [-0.2, 0) is 9.53 Å². The third kappa shape index (κ3) is 7.15. The Bertz CT molecular complexity index is 143. The highest BCUT2D eigenvalue weighted by Crippen LogP contribution is 2.13. The van der Waals surface area contributed by atoms with E-state index in [0.29, 0.717) is 13.0 Å². The van der Waals surface area contributed by atoms with Gasteiger partial charge in [-0.3, -0.25) is 4.79 Å². The molecule has 0 rings (SSSR count). The van der Waals surface area contributed by atoms with Gasteiger partial charge in [0.05, 0.1) is 0 Å². The van der Waals surface area contributed by atoms with Crippen LogP contribution in [-0.4, -0.2) is 18.6 Å². The van der Waals surface area contributed by atoms with Gasteiger partial charge in [-0.1, -0.05) is 37.8 Å². The summed E-state index contributed by atoms with van der Waals surface area (Å²) in [6.45, 7) is 2.65. The molecule has 0 aliphatic rings. The van der Waals surface area contributed by atoms with Crippen LogP contribution < -0.4 is 5.73 Å². The maximum absolute atomic E-state index is 11.0. The summed E-state index contributed by atoms with van der Waals surface area (Å²) in [5.74, 6) is -0.274. The van der Waals surface area contributed by atoms with Gasteiger partial charge in [-0.15, -0.1) is 0 Å². The molecule has 0 aliphatic carbocycles. The SMILES string of the molecule is CCCCCC(CCOCCl)C(N)=O. The monoisotopic (exact) mass is 221 g/mol. The van der Waals surface area contributed by atoms with Gasteiger partial charge in [-0.25, -0.2) is 0 Å². The molecule has 0 aromatic heterocycles. The number of hydrogen-bond donors (Lipinski definition) is 1. The second kappa shape index (κ2) is 9.28. The zero-order chi connectivity index (χ0) is 10.8. The lowest BCUT2D eigenvalue weighted by molar-refractivity contribution is -0.122. The molecule has 0 bridgehead atoms. The van der Waals surface area contributed by atoms with Gasteiger partial charge in [0.1, 0.15) is 6.07 Å². The number of carbonyl (C=O) groups excluding carboxylic acids is 1. The maximum atomic E-state index is 11.0. The molecule has 1 unspecified atom stereocenters. The Morgan fingerprint density at radius 1 is 1.43 bits per heavy atom. The molecule has 3 nitrogen and oxygen atoms in total. The summed E-state index contributed by atoms with van der Waals surface area (Å²) in [5, 5.41) is 0. The normalized spacial score (nSPS) is 12.7. The van der Waals surface area contributed by atoms with Gasteiger partial charge in [0, 0.05) is 12.5 Å². The molecule has 0 heterocycles. The van der Waals surface area contributed by atoms with Gasteiger partial charge in [0.2, 0.25) is 5.91 Å². The zero-order valence-electron chi connectivity index (χ0n) is 8.80. The van der Waals surface area contributed by atoms with Crippen LogP contribution in [0.4, 0.5) is 0 Å². The van der Waals surface area contributed by atoms with Crippen molar-refractivity contribution in [1.29, 1.82) is 0 Å². The highest BCUT2D eigenvalue weighted by atomic mass is 35.5. The molecule has 0 fully saturated rings. The fraction of sp³-hybridized carbons (Fsp3) is 0.900. The number of halogens is 1. The van der Waals surface area contributed by atoms with Crippen LogP contribution in [0, 0.1) is 5.92 Å².